The maximum atomic E-state index is 12.0. The Kier molecular flexibility index (Phi) is 3.41. The summed E-state index contributed by atoms with van der Waals surface area (Å²) < 4.78 is 0. The maximum Gasteiger partial charge on any atom is 0.255 e. The van der Waals surface area contributed by atoms with E-state index in [0.717, 1.165) is 4.90 Å². The van der Waals surface area contributed by atoms with E-state index in [0.29, 0.717) is 5.56 Å². The molecule has 18 heavy (non-hydrogen) atoms. The first-order valence-corrected chi connectivity index (χ1v) is 5.73. The van der Waals surface area contributed by atoms with E-state index >= 15 is 0 Å². The number of hydrogen-bond acceptors (Lipinski definition) is 3. The minimum Gasteiger partial charge on any atom is -0.323 e. The van der Waals surface area contributed by atoms with Gasteiger partial charge in [0.05, 0.1) is 0 Å². The highest BCUT2D eigenvalue weighted by Crippen LogP contribution is 2.13. The molecule has 5 heteroatoms. The van der Waals surface area contributed by atoms with Crippen LogP contribution in [0.15, 0.2) is 30.3 Å². The fourth-order valence-corrected chi connectivity index (χ4v) is 1.86. The van der Waals surface area contributed by atoms with Crippen LogP contribution < -0.4 is 0 Å². The third-order valence-electron chi connectivity index (χ3n) is 2.88. The second kappa shape index (κ2) is 5.00. The number of carbonyl (C=O) groups excluding carboxylic acids is 3. The van der Waals surface area contributed by atoms with Crippen molar-refractivity contribution >= 4 is 17.7 Å². The molecule has 0 atom stereocenters. The van der Waals surface area contributed by atoms with Crippen LogP contribution in [0.25, 0.3) is 0 Å². The minimum absolute atomic E-state index is 0.0192. The Morgan fingerprint density at radius 3 is 2.28 bits per heavy atom. The Bertz CT molecular complexity index is 468. The fraction of sp³-hybridized carbons (Fsp3) is 0.308. The van der Waals surface area contributed by atoms with Crippen LogP contribution in [0.3, 0.4) is 0 Å². The number of rotatable bonds is 3. The van der Waals surface area contributed by atoms with Crippen LogP contribution in [0.1, 0.15) is 23.2 Å². The normalized spacial score (nSPS) is 15.1. The summed E-state index contributed by atoms with van der Waals surface area (Å²) in [5.74, 6) is -0.636. The molecular weight excluding hydrogens is 232 g/mol. The summed E-state index contributed by atoms with van der Waals surface area (Å²) in [5.41, 5.74) is 0.541. The SMILES string of the molecule is CN(CN1C(=O)CCC1=O)C(=O)c1ccccc1. The molecule has 0 saturated carbocycles. The van der Waals surface area contributed by atoms with Gasteiger partial charge in [0.15, 0.2) is 0 Å². The third-order valence-corrected chi connectivity index (χ3v) is 2.88. The van der Waals surface area contributed by atoms with E-state index in [2.05, 4.69) is 0 Å². The van der Waals surface area contributed by atoms with Gasteiger partial charge in [0.1, 0.15) is 6.67 Å². The average Bonchev–Trinajstić information content (AvgIpc) is 2.70. The number of carbonyl (C=O) groups is 3. The highest BCUT2D eigenvalue weighted by molar-refractivity contribution is 6.02. The number of hydrogen-bond donors (Lipinski definition) is 0. The first kappa shape index (κ1) is 12.3. The first-order chi connectivity index (χ1) is 8.59. The van der Waals surface area contributed by atoms with E-state index in [1.54, 1.807) is 31.3 Å². The van der Waals surface area contributed by atoms with E-state index in [1.165, 1.54) is 4.90 Å². The predicted molar refractivity (Wildman–Crippen MR) is 64.5 cm³/mol. The van der Waals surface area contributed by atoms with Crippen molar-refractivity contribution in [1.82, 2.24) is 9.80 Å². The molecule has 0 aliphatic carbocycles. The fourth-order valence-electron chi connectivity index (χ4n) is 1.86. The number of likely N-dealkylation sites (tertiary alicyclic amines) is 1. The molecule has 0 N–H and O–H groups in total. The standard InChI is InChI=1S/C13H14N2O3/c1-14(9-15-11(16)7-8-12(15)17)13(18)10-5-3-2-4-6-10/h2-6H,7-9H2,1H3. The summed E-state index contributed by atoms with van der Waals surface area (Å²) in [6.07, 6.45) is 0.485. The molecular formula is C13H14N2O3. The lowest BCUT2D eigenvalue weighted by Gasteiger charge is -2.23. The molecule has 0 bridgehead atoms. The molecule has 1 aromatic rings. The largest absolute Gasteiger partial charge is 0.323 e. The van der Waals surface area contributed by atoms with Crippen molar-refractivity contribution in [2.75, 3.05) is 13.7 Å². The molecule has 0 radical (unpaired) electrons. The van der Waals surface area contributed by atoms with Crippen LogP contribution in [-0.4, -0.2) is 41.2 Å². The zero-order valence-electron chi connectivity index (χ0n) is 10.1. The summed E-state index contributed by atoms with van der Waals surface area (Å²) in [6.45, 7) is 0.0192. The molecule has 1 aromatic carbocycles. The van der Waals surface area contributed by atoms with E-state index in [1.807, 2.05) is 6.07 Å². The number of amides is 3. The summed E-state index contributed by atoms with van der Waals surface area (Å²) >= 11 is 0. The molecule has 3 amide bonds. The van der Waals surface area contributed by atoms with Crippen molar-refractivity contribution in [1.29, 1.82) is 0 Å². The predicted octanol–water partition coefficient (Wildman–Crippen LogP) is 0.865. The molecule has 2 rings (SSSR count). The van der Waals surface area contributed by atoms with Crippen molar-refractivity contribution in [3.05, 3.63) is 35.9 Å². The molecule has 94 valence electrons. The van der Waals surface area contributed by atoms with Crippen LogP contribution in [-0.2, 0) is 9.59 Å². The zero-order chi connectivity index (χ0) is 13.1. The number of imide groups is 1. The minimum atomic E-state index is -0.215. The van der Waals surface area contributed by atoms with Crippen molar-refractivity contribution in [2.24, 2.45) is 0 Å². The molecule has 1 fully saturated rings. The Morgan fingerprint density at radius 2 is 1.72 bits per heavy atom. The Labute approximate surface area is 105 Å². The highest BCUT2D eigenvalue weighted by atomic mass is 16.2. The van der Waals surface area contributed by atoms with Gasteiger partial charge in [-0.3, -0.25) is 19.3 Å². The van der Waals surface area contributed by atoms with Gasteiger partial charge in [-0.2, -0.15) is 0 Å². The molecule has 1 saturated heterocycles. The number of nitrogens with zero attached hydrogens (tertiary/aromatic N) is 2. The van der Waals surface area contributed by atoms with Crippen LogP contribution in [0.4, 0.5) is 0 Å². The maximum absolute atomic E-state index is 12.0. The van der Waals surface area contributed by atoms with E-state index in [4.69, 9.17) is 0 Å². The monoisotopic (exact) mass is 246 g/mol. The second-order valence-electron chi connectivity index (χ2n) is 4.23. The van der Waals surface area contributed by atoms with Gasteiger partial charge in [-0.25, -0.2) is 0 Å². The van der Waals surface area contributed by atoms with Crippen LogP contribution in [0.5, 0.6) is 0 Å². The van der Waals surface area contributed by atoms with Gasteiger partial charge < -0.3 is 4.90 Å². The molecule has 1 aliphatic heterocycles. The number of benzene rings is 1. The lowest BCUT2D eigenvalue weighted by Crippen LogP contribution is -2.41. The molecule has 1 heterocycles. The first-order valence-electron chi connectivity index (χ1n) is 5.73. The topological polar surface area (TPSA) is 57.7 Å². The van der Waals surface area contributed by atoms with Gasteiger partial charge in [-0.1, -0.05) is 18.2 Å². The Hall–Kier alpha value is -2.17. The third kappa shape index (κ3) is 2.40. The molecule has 0 spiro atoms. The molecule has 1 aliphatic rings. The van der Waals surface area contributed by atoms with Crippen LogP contribution >= 0.6 is 0 Å². The van der Waals surface area contributed by atoms with E-state index in [-0.39, 0.29) is 37.2 Å². The quantitative estimate of drug-likeness (QED) is 0.743. The van der Waals surface area contributed by atoms with Crippen LogP contribution in [0, 0.1) is 0 Å². The second-order valence-corrected chi connectivity index (χ2v) is 4.23. The lowest BCUT2D eigenvalue weighted by molar-refractivity contribution is -0.139. The Balaban J connectivity index is 2.04. The zero-order valence-corrected chi connectivity index (χ0v) is 10.1. The van der Waals surface area contributed by atoms with Gasteiger partial charge in [-0.15, -0.1) is 0 Å². The van der Waals surface area contributed by atoms with Gasteiger partial charge in [0.2, 0.25) is 11.8 Å². The van der Waals surface area contributed by atoms with Gasteiger partial charge in [0, 0.05) is 25.5 Å². The Morgan fingerprint density at radius 1 is 1.17 bits per heavy atom. The lowest BCUT2D eigenvalue weighted by atomic mass is 10.2. The van der Waals surface area contributed by atoms with Crippen molar-refractivity contribution in [2.45, 2.75) is 12.8 Å². The van der Waals surface area contributed by atoms with E-state index < -0.39 is 0 Å². The van der Waals surface area contributed by atoms with Crippen molar-refractivity contribution in [3.8, 4) is 0 Å². The van der Waals surface area contributed by atoms with E-state index in [9.17, 15) is 14.4 Å². The van der Waals surface area contributed by atoms with Gasteiger partial charge >= 0.3 is 0 Å². The van der Waals surface area contributed by atoms with Crippen molar-refractivity contribution in [3.63, 3.8) is 0 Å². The summed E-state index contributed by atoms with van der Waals surface area (Å²) in [4.78, 5) is 37.4. The highest BCUT2D eigenvalue weighted by Gasteiger charge is 2.30. The van der Waals surface area contributed by atoms with Crippen molar-refractivity contribution < 1.29 is 14.4 Å². The van der Waals surface area contributed by atoms with Gasteiger partial charge in [0.25, 0.3) is 5.91 Å². The van der Waals surface area contributed by atoms with Gasteiger partial charge in [-0.05, 0) is 12.1 Å². The average molecular weight is 246 g/mol. The molecule has 0 aromatic heterocycles. The summed E-state index contributed by atoms with van der Waals surface area (Å²) in [7, 11) is 1.58. The molecule has 0 unspecified atom stereocenters. The van der Waals surface area contributed by atoms with Crippen LogP contribution in [0.2, 0.25) is 0 Å². The smallest absolute Gasteiger partial charge is 0.255 e. The molecule has 5 nitrogen and oxygen atoms in total. The summed E-state index contributed by atoms with van der Waals surface area (Å²) in [6, 6.07) is 8.77. The summed E-state index contributed by atoms with van der Waals surface area (Å²) in [5, 5.41) is 0.